The maximum Gasteiger partial charge on any atom is 0.243 e. The van der Waals surface area contributed by atoms with Crippen molar-refractivity contribution >= 4 is 33.4 Å². The summed E-state index contributed by atoms with van der Waals surface area (Å²) in [6.45, 7) is 6.61. The number of hydrogen-bond acceptors (Lipinski definition) is 4. The molecular weight excluding hydrogens is 328 g/mol. The van der Waals surface area contributed by atoms with Gasteiger partial charge < -0.3 is 5.73 Å². The first kappa shape index (κ1) is 17.1. The highest BCUT2D eigenvalue weighted by Gasteiger charge is 2.36. The third kappa shape index (κ3) is 3.24. The van der Waals surface area contributed by atoms with Crippen LogP contribution in [0.3, 0.4) is 0 Å². The average Bonchev–Trinajstić information content (AvgIpc) is 2.43. The van der Waals surface area contributed by atoms with Gasteiger partial charge in [-0.3, -0.25) is 0 Å². The summed E-state index contributed by atoms with van der Waals surface area (Å²) < 4.78 is 27.6. The molecule has 0 saturated carbocycles. The minimum absolute atomic E-state index is 0.0338. The molecule has 0 bridgehead atoms. The van der Waals surface area contributed by atoms with Crippen LogP contribution in [-0.4, -0.2) is 36.3 Å². The number of sulfonamides is 1. The van der Waals surface area contributed by atoms with Gasteiger partial charge in [0, 0.05) is 35.2 Å². The second kappa shape index (κ2) is 6.46. The van der Waals surface area contributed by atoms with E-state index >= 15 is 0 Å². The van der Waals surface area contributed by atoms with Gasteiger partial charge in [-0.15, -0.1) is 0 Å². The van der Waals surface area contributed by atoms with Gasteiger partial charge in [0.15, 0.2) is 0 Å². The average molecular weight is 349 g/mol. The number of nitrogens with two attached hydrogens (primary N) is 1. The van der Waals surface area contributed by atoms with Gasteiger partial charge in [0.2, 0.25) is 10.0 Å². The maximum atomic E-state index is 13.0. The molecule has 0 spiro atoms. The summed E-state index contributed by atoms with van der Waals surface area (Å²) in [5, 5.41) is 0.689. The largest absolute Gasteiger partial charge is 0.326 e. The third-order valence-electron chi connectivity index (χ3n) is 4.06. The summed E-state index contributed by atoms with van der Waals surface area (Å²) >= 11 is 7.87. The highest BCUT2D eigenvalue weighted by Crippen LogP contribution is 2.32. The van der Waals surface area contributed by atoms with Crippen LogP contribution < -0.4 is 5.73 Å². The Morgan fingerprint density at radius 1 is 1.43 bits per heavy atom. The van der Waals surface area contributed by atoms with Gasteiger partial charge in [-0.25, -0.2) is 8.42 Å². The Morgan fingerprint density at radius 2 is 2.10 bits per heavy atom. The molecule has 0 aromatic heterocycles. The Hall–Kier alpha value is -0.270. The molecule has 0 amide bonds. The Balaban J connectivity index is 2.51. The van der Waals surface area contributed by atoms with Gasteiger partial charge in [0.1, 0.15) is 0 Å². The topological polar surface area (TPSA) is 63.4 Å². The van der Waals surface area contributed by atoms with Crippen LogP contribution in [-0.2, 0) is 16.6 Å². The molecule has 1 aromatic rings. The normalized spacial score (nSPS) is 24.2. The molecule has 0 radical (unpaired) electrons. The number of rotatable bonds is 3. The van der Waals surface area contributed by atoms with Crippen molar-refractivity contribution in [1.29, 1.82) is 0 Å². The molecule has 21 heavy (non-hydrogen) atoms. The predicted octanol–water partition coefficient (Wildman–Crippen LogP) is 2.62. The molecule has 1 aliphatic heterocycles. The minimum Gasteiger partial charge on any atom is -0.326 e. The lowest BCUT2D eigenvalue weighted by atomic mass is 10.1. The van der Waals surface area contributed by atoms with E-state index in [-0.39, 0.29) is 22.7 Å². The van der Waals surface area contributed by atoms with Gasteiger partial charge in [-0.2, -0.15) is 16.1 Å². The van der Waals surface area contributed by atoms with Crippen molar-refractivity contribution in [2.75, 3.05) is 12.3 Å². The standard InChI is InChI=1S/C14H21ClN2O2S2/c1-9-12(8-16)6-13(15)7-14(9)21(18,19)17-4-5-20-11(3)10(17)2/h6-7,10-11H,4-5,8,16H2,1-3H3. The second-order valence-electron chi connectivity index (χ2n) is 5.32. The van der Waals surface area contributed by atoms with E-state index in [1.165, 1.54) is 6.07 Å². The van der Waals surface area contributed by atoms with Crippen LogP contribution in [0, 0.1) is 6.92 Å². The van der Waals surface area contributed by atoms with Crippen molar-refractivity contribution in [2.45, 2.75) is 43.5 Å². The Labute approximate surface area is 136 Å². The molecule has 2 atom stereocenters. The summed E-state index contributed by atoms with van der Waals surface area (Å²) in [7, 11) is -3.55. The van der Waals surface area contributed by atoms with Crippen LogP contribution in [0.15, 0.2) is 17.0 Å². The molecule has 1 fully saturated rings. The van der Waals surface area contributed by atoms with Gasteiger partial charge in [-0.1, -0.05) is 18.5 Å². The second-order valence-corrected chi connectivity index (χ2v) is 9.11. The summed E-state index contributed by atoms with van der Waals surface area (Å²) in [4.78, 5) is 0.279. The van der Waals surface area contributed by atoms with Crippen molar-refractivity contribution in [3.8, 4) is 0 Å². The van der Waals surface area contributed by atoms with Crippen LogP contribution >= 0.6 is 23.4 Å². The molecule has 0 aliphatic carbocycles. The number of benzene rings is 1. The number of nitrogens with zero attached hydrogens (tertiary/aromatic N) is 1. The molecule has 2 unspecified atom stereocenters. The fraction of sp³-hybridized carbons (Fsp3) is 0.571. The molecule has 1 saturated heterocycles. The molecule has 1 aliphatic rings. The van der Waals surface area contributed by atoms with E-state index in [1.54, 1.807) is 29.1 Å². The van der Waals surface area contributed by atoms with E-state index in [0.29, 0.717) is 17.1 Å². The van der Waals surface area contributed by atoms with E-state index in [2.05, 4.69) is 6.92 Å². The number of thioether (sulfide) groups is 1. The first-order valence-corrected chi connectivity index (χ1v) is 9.78. The lowest BCUT2D eigenvalue weighted by molar-refractivity contribution is 0.340. The van der Waals surface area contributed by atoms with E-state index in [1.807, 2.05) is 6.92 Å². The zero-order chi connectivity index (χ0) is 15.8. The van der Waals surface area contributed by atoms with Crippen molar-refractivity contribution in [3.63, 3.8) is 0 Å². The smallest absolute Gasteiger partial charge is 0.243 e. The monoisotopic (exact) mass is 348 g/mol. The zero-order valence-corrected chi connectivity index (χ0v) is 14.9. The molecule has 1 aromatic carbocycles. The lowest BCUT2D eigenvalue weighted by Gasteiger charge is -2.36. The van der Waals surface area contributed by atoms with Crippen LogP contribution in [0.4, 0.5) is 0 Å². The van der Waals surface area contributed by atoms with Crippen molar-refractivity contribution in [3.05, 3.63) is 28.3 Å². The highest BCUT2D eigenvalue weighted by atomic mass is 35.5. The number of hydrogen-bond donors (Lipinski definition) is 1. The first-order valence-electron chi connectivity index (χ1n) is 6.91. The van der Waals surface area contributed by atoms with E-state index in [0.717, 1.165) is 11.3 Å². The maximum absolute atomic E-state index is 13.0. The summed E-state index contributed by atoms with van der Waals surface area (Å²) in [5.41, 5.74) is 7.15. The fourth-order valence-corrected chi connectivity index (χ4v) is 6.16. The van der Waals surface area contributed by atoms with Gasteiger partial charge in [0.05, 0.1) is 4.90 Å². The van der Waals surface area contributed by atoms with Crippen molar-refractivity contribution in [2.24, 2.45) is 5.73 Å². The van der Waals surface area contributed by atoms with E-state index in [9.17, 15) is 8.42 Å². The summed E-state index contributed by atoms with van der Waals surface area (Å²) in [5.74, 6) is 0.814. The Kier molecular flexibility index (Phi) is 5.26. The predicted molar refractivity (Wildman–Crippen MR) is 89.4 cm³/mol. The number of halogens is 1. The van der Waals surface area contributed by atoms with Crippen LogP contribution in [0.25, 0.3) is 0 Å². The molecule has 2 N–H and O–H groups in total. The molecule has 118 valence electrons. The lowest BCUT2D eigenvalue weighted by Crippen LogP contribution is -2.48. The molecule has 7 heteroatoms. The molecule has 1 heterocycles. The fourth-order valence-electron chi connectivity index (χ4n) is 2.56. The van der Waals surface area contributed by atoms with Gasteiger partial charge in [0.25, 0.3) is 0 Å². The van der Waals surface area contributed by atoms with Crippen molar-refractivity contribution < 1.29 is 8.42 Å². The van der Waals surface area contributed by atoms with E-state index < -0.39 is 10.0 Å². The van der Waals surface area contributed by atoms with Crippen LogP contribution in [0.1, 0.15) is 25.0 Å². The van der Waals surface area contributed by atoms with Crippen molar-refractivity contribution in [1.82, 2.24) is 4.31 Å². The Morgan fingerprint density at radius 3 is 2.71 bits per heavy atom. The highest BCUT2D eigenvalue weighted by molar-refractivity contribution is 8.00. The van der Waals surface area contributed by atoms with Crippen LogP contribution in [0.2, 0.25) is 5.02 Å². The summed E-state index contributed by atoms with van der Waals surface area (Å²) in [6.07, 6.45) is 0. The van der Waals surface area contributed by atoms with Crippen LogP contribution in [0.5, 0.6) is 0 Å². The zero-order valence-electron chi connectivity index (χ0n) is 12.5. The third-order valence-corrected chi connectivity index (χ3v) is 7.73. The first-order chi connectivity index (χ1) is 9.78. The quantitative estimate of drug-likeness (QED) is 0.912. The minimum atomic E-state index is -3.55. The van der Waals surface area contributed by atoms with E-state index in [4.69, 9.17) is 17.3 Å². The molecular formula is C14H21ClN2O2S2. The summed E-state index contributed by atoms with van der Waals surface area (Å²) in [6, 6.07) is 3.23. The molecule has 2 rings (SSSR count). The van der Waals surface area contributed by atoms with Gasteiger partial charge in [-0.05, 0) is 37.1 Å². The molecule has 4 nitrogen and oxygen atoms in total. The van der Waals surface area contributed by atoms with Gasteiger partial charge >= 0.3 is 0 Å². The Bertz CT molecular complexity index is 634. The SMILES string of the molecule is Cc1c(CN)cc(Cl)cc1S(=O)(=O)N1CCSC(C)C1C.